The van der Waals surface area contributed by atoms with Crippen LogP contribution in [-0.4, -0.2) is 15.0 Å². The summed E-state index contributed by atoms with van der Waals surface area (Å²) in [4.78, 5) is 16.0. The van der Waals surface area contributed by atoms with E-state index in [1.165, 1.54) is 37.0 Å². The van der Waals surface area contributed by atoms with Crippen LogP contribution < -0.4 is 0 Å². The fraction of sp³-hybridized carbons (Fsp3) is 0. The summed E-state index contributed by atoms with van der Waals surface area (Å²) in [5, 5.41) is 11.7. The van der Waals surface area contributed by atoms with Gasteiger partial charge in [-0.15, -0.1) is 11.3 Å². The number of aromatic nitrogens is 3. The number of para-hydroxylation sites is 1. The van der Waals surface area contributed by atoms with E-state index >= 15 is 0 Å². The molecule has 4 nitrogen and oxygen atoms in total. The van der Waals surface area contributed by atoms with Gasteiger partial charge in [0.2, 0.25) is 0 Å². The van der Waals surface area contributed by atoms with E-state index in [-0.39, 0.29) is 0 Å². The number of hydrogen-bond acceptors (Lipinski definition) is 5. The van der Waals surface area contributed by atoms with E-state index < -0.39 is 0 Å². The minimum atomic E-state index is 0.611. The number of nitrogens with zero attached hydrogens (tertiary/aromatic N) is 3. The highest BCUT2D eigenvalue weighted by atomic mass is 32.1. The number of benzene rings is 10. The highest BCUT2D eigenvalue weighted by Crippen LogP contribution is 2.46. The maximum atomic E-state index is 6.93. The Morgan fingerprint density at radius 2 is 0.855 bits per heavy atom. The summed E-state index contributed by atoms with van der Waals surface area (Å²) in [5.74, 6) is 1.89. The molecule has 62 heavy (non-hydrogen) atoms. The van der Waals surface area contributed by atoms with E-state index in [0.717, 1.165) is 76.4 Å². The average Bonchev–Trinajstić information content (AvgIpc) is 3.92. The predicted molar refractivity (Wildman–Crippen MR) is 260 cm³/mol. The molecule has 0 spiro atoms. The van der Waals surface area contributed by atoms with Crippen LogP contribution in [-0.2, 0) is 0 Å². The third kappa shape index (κ3) is 5.35. The summed E-state index contributed by atoms with van der Waals surface area (Å²) in [5.41, 5.74) is 8.85. The van der Waals surface area contributed by atoms with Crippen LogP contribution in [0.15, 0.2) is 205 Å². The van der Waals surface area contributed by atoms with E-state index in [1.807, 2.05) is 0 Å². The lowest BCUT2D eigenvalue weighted by Gasteiger charge is -2.14. The van der Waals surface area contributed by atoms with E-state index in [0.29, 0.717) is 17.5 Å². The molecule has 5 heteroatoms. The molecule has 0 atom stereocenters. The van der Waals surface area contributed by atoms with E-state index in [9.17, 15) is 0 Å². The normalized spacial score (nSPS) is 11.9. The maximum absolute atomic E-state index is 6.93. The zero-order valence-corrected chi connectivity index (χ0v) is 34.0. The number of rotatable bonds is 5. The van der Waals surface area contributed by atoms with Crippen LogP contribution in [0.1, 0.15) is 0 Å². The van der Waals surface area contributed by atoms with Crippen molar-refractivity contribution >= 4 is 85.8 Å². The van der Waals surface area contributed by atoms with Crippen molar-refractivity contribution in [3.63, 3.8) is 0 Å². The van der Waals surface area contributed by atoms with Crippen molar-refractivity contribution in [3.05, 3.63) is 200 Å². The fourth-order valence-corrected chi connectivity index (χ4v) is 10.8. The molecule has 288 valence electrons. The van der Waals surface area contributed by atoms with E-state index in [2.05, 4.69) is 200 Å². The second-order valence-electron chi connectivity index (χ2n) is 15.8. The zero-order chi connectivity index (χ0) is 40.7. The van der Waals surface area contributed by atoms with Gasteiger partial charge in [0, 0.05) is 53.2 Å². The molecule has 0 saturated heterocycles. The fourth-order valence-electron chi connectivity index (χ4n) is 9.56. The van der Waals surface area contributed by atoms with Gasteiger partial charge in [0.05, 0.1) is 0 Å². The highest BCUT2D eigenvalue weighted by molar-refractivity contribution is 7.26. The average molecular weight is 808 g/mol. The highest BCUT2D eigenvalue weighted by Gasteiger charge is 2.22. The molecule has 0 fully saturated rings. The van der Waals surface area contributed by atoms with Gasteiger partial charge in [0.1, 0.15) is 11.2 Å². The smallest absolute Gasteiger partial charge is 0.165 e. The third-order valence-electron chi connectivity index (χ3n) is 12.4. The molecule has 0 radical (unpaired) electrons. The molecular weight excluding hydrogens is 775 g/mol. The maximum Gasteiger partial charge on any atom is 0.165 e. The van der Waals surface area contributed by atoms with Gasteiger partial charge in [-0.1, -0.05) is 176 Å². The topological polar surface area (TPSA) is 51.8 Å². The lowest BCUT2D eigenvalue weighted by molar-refractivity contribution is 0.670. The second-order valence-corrected chi connectivity index (χ2v) is 16.9. The minimum Gasteiger partial charge on any atom is -0.455 e. The summed E-state index contributed by atoms with van der Waals surface area (Å²) in [7, 11) is 0. The Labute approximate surface area is 360 Å². The molecule has 13 rings (SSSR count). The van der Waals surface area contributed by atoms with Gasteiger partial charge in [-0.25, -0.2) is 15.0 Å². The minimum absolute atomic E-state index is 0.611. The second kappa shape index (κ2) is 13.8. The lowest BCUT2D eigenvalue weighted by atomic mass is 9.91. The first-order valence-electron chi connectivity index (χ1n) is 20.8. The Bertz CT molecular complexity index is 3950. The van der Waals surface area contributed by atoms with Crippen LogP contribution in [0.3, 0.4) is 0 Å². The lowest BCUT2D eigenvalue weighted by Crippen LogP contribution is -2.01. The molecule has 0 unspecified atom stereocenters. The molecule has 0 N–H and O–H groups in total. The predicted octanol–water partition coefficient (Wildman–Crippen LogP) is 15.9. The van der Waals surface area contributed by atoms with Crippen LogP contribution >= 0.6 is 11.3 Å². The Hall–Kier alpha value is -7.99. The molecule has 0 aliphatic heterocycles. The molecule has 0 bridgehead atoms. The number of thiophene rings is 1. The first-order valence-corrected chi connectivity index (χ1v) is 21.7. The summed E-state index contributed by atoms with van der Waals surface area (Å²) in [6, 6.07) is 70.8. The van der Waals surface area contributed by atoms with Gasteiger partial charge < -0.3 is 4.42 Å². The molecule has 3 heterocycles. The van der Waals surface area contributed by atoms with Crippen LogP contribution in [0.2, 0.25) is 0 Å². The quantitative estimate of drug-likeness (QED) is 0.163. The van der Waals surface area contributed by atoms with Crippen molar-refractivity contribution in [3.8, 4) is 56.4 Å². The van der Waals surface area contributed by atoms with Gasteiger partial charge in [-0.05, 0) is 73.3 Å². The van der Waals surface area contributed by atoms with E-state index in [4.69, 9.17) is 19.4 Å². The molecule has 13 aromatic rings. The molecule has 0 aliphatic carbocycles. The Kier molecular flexibility index (Phi) is 7.74. The van der Waals surface area contributed by atoms with Crippen molar-refractivity contribution < 1.29 is 4.42 Å². The molecule has 0 aliphatic rings. The van der Waals surface area contributed by atoms with Crippen LogP contribution in [0.25, 0.3) is 131 Å². The van der Waals surface area contributed by atoms with Crippen LogP contribution in [0.4, 0.5) is 0 Å². The van der Waals surface area contributed by atoms with Gasteiger partial charge in [-0.3, -0.25) is 0 Å². The summed E-state index contributed by atoms with van der Waals surface area (Å²) >= 11 is 1.78. The summed E-state index contributed by atoms with van der Waals surface area (Å²) in [6.45, 7) is 0. The SMILES string of the molecule is c1ccc(-c2cccc3oc4c(-c5cc6ccccc6c6ccccc56)cccc4c23)c(-c2nc(-c3cccc4ccccc34)nc(-c3cccc4c3sc3ccccc34)n2)c1. The molecule has 3 aromatic heterocycles. The Morgan fingerprint density at radius 3 is 1.71 bits per heavy atom. The standard InChI is InChI=1S/C57H33N3OS/c1-3-18-36-34(15-1)17-11-28-45(36)55-58-56(60-57(59-55)48-30-13-27-44-41-23-9-10-32-51(41)62-54(44)48)46-24-8-7-22-40(46)42-25-14-31-50-52(42)47-29-12-26-43(53(47)61-50)49-33-35-16-2-4-19-37(35)38-20-5-6-21-39(38)49/h1-33H. The first-order chi connectivity index (χ1) is 30.7. The van der Waals surface area contributed by atoms with Crippen molar-refractivity contribution in [1.82, 2.24) is 15.0 Å². The Morgan fingerprint density at radius 1 is 0.323 bits per heavy atom. The number of furan rings is 1. The van der Waals surface area contributed by atoms with Crippen molar-refractivity contribution in [2.24, 2.45) is 0 Å². The Balaban J connectivity index is 1.05. The molecule has 0 amide bonds. The first kappa shape index (κ1) is 34.8. The molecule has 10 aromatic carbocycles. The van der Waals surface area contributed by atoms with Gasteiger partial charge >= 0.3 is 0 Å². The van der Waals surface area contributed by atoms with Crippen molar-refractivity contribution in [2.75, 3.05) is 0 Å². The number of hydrogen-bond donors (Lipinski definition) is 0. The van der Waals surface area contributed by atoms with Gasteiger partial charge in [0.15, 0.2) is 17.5 Å². The monoisotopic (exact) mass is 807 g/mol. The van der Waals surface area contributed by atoms with E-state index in [1.54, 1.807) is 11.3 Å². The van der Waals surface area contributed by atoms with Gasteiger partial charge in [-0.2, -0.15) is 0 Å². The van der Waals surface area contributed by atoms with Crippen LogP contribution in [0, 0.1) is 0 Å². The largest absolute Gasteiger partial charge is 0.455 e. The van der Waals surface area contributed by atoms with Gasteiger partial charge in [0.25, 0.3) is 0 Å². The number of fused-ring (bicyclic) bond motifs is 10. The van der Waals surface area contributed by atoms with Crippen LogP contribution in [0.5, 0.6) is 0 Å². The summed E-state index contributed by atoms with van der Waals surface area (Å²) < 4.78 is 9.32. The third-order valence-corrected chi connectivity index (χ3v) is 13.6. The molecular formula is C57H33N3OS. The van der Waals surface area contributed by atoms with Crippen molar-refractivity contribution in [1.29, 1.82) is 0 Å². The zero-order valence-electron chi connectivity index (χ0n) is 33.2. The molecule has 0 saturated carbocycles. The van der Waals surface area contributed by atoms with Crippen molar-refractivity contribution in [2.45, 2.75) is 0 Å². The summed E-state index contributed by atoms with van der Waals surface area (Å²) in [6.07, 6.45) is 0.